The van der Waals surface area contributed by atoms with Crippen LogP contribution in [0.5, 0.6) is 0 Å². The largest absolute Gasteiger partial charge is 0.375 e. The summed E-state index contributed by atoms with van der Waals surface area (Å²) in [5.74, 6) is -1.27. The van der Waals surface area contributed by atoms with Crippen LogP contribution < -0.4 is 5.73 Å². The molecule has 15 heavy (non-hydrogen) atoms. The number of nitrogen functional groups attached to an aromatic ring is 1. The molecule has 0 amide bonds. The Morgan fingerprint density at radius 1 is 1.33 bits per heavy atom. The molecular formula is C9H5BrF2N2S. The van der Waals surface area contributed by atoms with E-state index in [1.54, 1.807) is 0 Å². The van der Waals surface area contributed by atoms with Gasteiger partial charge in [-0.2, -0.15) is 0 Å². The number of nitrogens with two attached hydrogens (primary N) is 1. The third-order valence-corrected chi connectivity index (χ3v) is 3.32. The smallest absolute Gasteiger partial charge is 0.181 e. The molecule has 78 valence electrons. The summed E-state index contributed by atoms with van der Waals surface area (Å²) in [4.78, 5) is 3.96. The molecule has 1 heterocycles. The highest BCUT2D eigenvalue weighted by Gasteiger charge is 2.13. The highest BCUT2D eigenvalue weighted by Crippen LogP contribution is 2.35. The van der Waals surface area contributed by atoms with Crippen molar-refractivity contribution < 1.29 is 8.78 Å². The van der Waals surface area contributed by atoms with E-state index in [0.717, 1.165) is 6.07 Å². The Morgan fingerprint density at radius 2 is 2.07 bits per heavy atom. The minimum absolute atomic E-state index is 0.233. The van der Waals surface area contributed by atoms with Gasteiger partial charge in [0.25, 0.3) is 0 Å². The molecule has 0 fully saturated rings. The first-order chi connectivity index (χ1) is 7.08. The Labute approximate surface area is 96.9 Å². The number of anilines is 1. The molecule has 0 aliphatic carbocycles. The van der Waals surface area contributed by atoms with Crippen LogP contribution in [0.1, 0.15) is 0 Å². The van der Waals surface area contributed by atoms with Gasteiger partial charge in [-0.1, -0.05) is 11.3 Å². The number of aromatic nitrogens is 1. The van der Waals surface area contributed by atoms with Crippen molar-refractivity contribution >= 4 is 32.4 Å². The predicted octanol–water partition coefficient (Wildman–Crippen LogP) is 3.43. The summed E-state index contributed by atoms with van der Waals surface area (Å²) in [6, 6.07) is 3.33. The van der Waals surface area contributed by atoms with Gasteiger partial charge in [-0.05, 0) is 28.1 Å². The molecule has 0 saturated heterocycles. The lowest BCUT2D eigenvalue weighted by molar-refractivity contribution is 0.585. The molecule has 6 heteroatoms. The average molecular weight is 291 g/mol. The van der Waals surface area contributed by atoms with Crippen LogP contribution >= 0.6 is 27.3 Å². The lowest BCUT2D eigenvalue weighted by atomic mass is 10.1. The number of rotatable bonds is 1. The summed E-state index contributed by atoms with van der Waals surface area (Å²) in [6.45, 7) is 0. The number of halogens is 3. The number of nitrogens with zero attached hydrogens (tertiary/aromatic N) is 1. The Hall–Kier alpha value is -1.01. The Morgan fingerprint density at radius 3 is 2.60 bits per heavy atom. The molecule has 2 N–H and O–H groups in total. The first kappa shape index (κ1) is 10.5. The van der Waals surface area contributed by atoms with Crippen molar-refractivity contribution in [1.82, 2.24) is 4.98 Å². The van der Waals surface area contributed by atoms with Crippen LogP contribution in [0.25, 0.3) is 11.3 Å². The maximum Gasteiger partial charge on any atom is 0.181 e. The van der Waals surface area contributed by atoms with E-state index in [9.17, 15) is 8.78 Å². The van der Waals surface area contributed by atoms with Crippen LogP contribution in [-0.2, 0) is 0 Å². The minimum atomic E-state index is -0.652. The van der Waals surface area contributed by atoms with Crippen LogP contribution in [-0.4, -0.2) is 4.98 Å². The second kappa shape index (κ2) is 3.86. The summed E-state index contributed by atoms with van der Waals surface area (Å²) in [7, 11) is 0. The molecule has 1 aromatic carbocycles. The van der Waals surface area contributed by atoms with E-state index in [0.29, 0.717) is 14.6 Å². The first-order valence-electron chi connectivity index (χ1n) is 3.95. The SMILES string of the molecule is Nc1nc(-c2ccc(F)cc2F)c(Br)s1. The van der Waals surface area contributed by atoms with Crippen molar-refractivity contribution in [3.8, 4) is 11.3 Å². The second-order valence-electron chi connectivity index (χ2n) is 2.80. The van der Waals surface area contributed by atoms with E-state index in [1.807, 2.05) is 0 Å². The summed E-state index contributed by atoms with van der Waals surface area (Å²) in [6.07, 6.45) is 0. The van der Waals surface area contributed by atoms with Crippen LogP contribution in [0, 0.1) is 11.6 Å². The Kier molecular flexibility index (Phi) is 2.70. The standard InChI is InChI=1S/C9H5BrF2N2S/c10-8-7(14-9(13)15-8)5-2-1-4(11)3-6(5)12/h1-3H,(H2,13,14). The van der Waals surface area contributed by atoms with Gasteiger partial charge in [-0.3, -0.25) is 0 Å². The molecule has 0 bridgehead atoms. The fourth-order valence-corrected chi connectivity index (χ4v) is 2.54. The van der Waals surface area contributed by atoms with Gasteiger partial charge in [0.1, 0.15) is 17.3 Å². The maximum atomic E-state index is 13.4. The zero-order chi connectivity index (χ0) is 11.0. The third kappa shape index (κ3) is 2.00. The van der Waals surface area contributed by atoms with Gasteiger partial charge in [0.2, 0.25) is 0 Å². The minimum Gasteiger partial charge on any atom is -0.375 e. The zero-order valence-corrected chi connectivity index (χ0v) is 9.70. The van der Waals surface area contributed by atoms with E-state index in [2.05, 4.69) is 20.9 Å². The van der Waals surface area contributed by atoms with Crippen LogP contribution in [0.4, 0.5) is 13.9 Å². The van der Waals surface area contributed by atoms with Crippen molar-refractivity contribution in [1.29, 1.82) is 0 Å². The topological polar surface area (TPSA) is 38.9 Å². The molecule has 0 saturated carbocycles. The second-order valence-corrected chi connectivity index (χ2v) is 5.15. The normalized spacial score (nSPS) is 10.6. The predicted molar refractivity (Wildman–Crippen MR) is 59.6 cm³/mol. The fourth-order valence-electron chi connectivity index (χ4n) is 1.16. The van der Waals surface area contributed by atoms with Crippen LogP contribution in [0.15, 0.2) is 22.0 Å². The van der Waals surface area contributed by atoms with Gasteiger partial charge in [-0.15, -0.1) is 0 Å². The van der Waals surface area contributed by atoms with E-state index < -0.39 is 11.6 Å². The molecule has 0 spiro atoms. The van der Waals surface area contributed by atoms with Crippen molar-refractivity contribution in [3.05, 3.63) is 33.6 Å². The third-order valence-electron chi connectivity index (χ3n) is 1.79. The van der Waals surface area contributed by atoms with Crippen molar-refractivity contribution in [3.63, 3.8) is 0 Å². The fraction of sp³-hybridized carbons (Fsp3) is 0. The van der Waals surface area contributed by atoms with E-state index in [4.69, 9.17) is 5.73 Å². The number of thiazole rings is 1. The molecule has 2 aromatic rings. The van der Waals surface area contributed by atoms with E-state index in [-0.39, 0.29) is 5.56 Å². The maximum absolute atomic E-state index is 13.4. The molecule has 1 aromatic heterocycles. The van der Waals surface area contributed by atoms with Crippen LogP contribution in [0.3, 0.4) is 0 Å². The molecule has 0 aliphatic rings. The van der Waals surface area contributed by atoms with Gasteiger partial charge < -0.3 is 5.73 Å². The van der Waals surface area contributed by atoms with Crippen molar-refractivity contribution in [2.24, 2.45) is 0 Å². The van der Waals surface area contributed by atoms with Gasteiger partial charge in [-0.25, -0.2) is 13.8 Å². The van der Waals surface area contributed by atoms with Crippen molar-refractivity contribution in [2.75, 3.05) is 5.73 Å². The molecule has 2 rings (SSSR count). The Bertz CT molecular complexity index is 513. The summed E-state index contributed by atoms with van der Waals surface area (Å²) < 4.78 is 26.7. The van der Waals surface area contributed by atoms with Crippen LogP contribution in [0.2, 0.25) is 0 Å². The highest BCUT2D eigenvalue weighted by molar-refractivity contribution is 9.11. The van der Waals surface area contributed by atoms with Crippen molar-refractivity contribution in [2.45, 2.75) is 0 Å². The molecule has 0 aliphatic heterocycles. The first-order valence-corrected chi connectivity index (χ1v) is 5.56. The molecule has 0 atom stereocenters. The molecule has 0 unspecified atom stereocenters. The van der Waals surface area contributed by atoms with E-state index >= 15 is 0 Å². The highest BCUT2D eigenvalue weighted by atomic mass is 79.9. The average Bonchev–Trinajstić information content (AvgIpc) is 2.45. The van der Waals surface area contributed by atoms with Gasteiger partial charge in [0.15, 0.2) is 5.13 Å². The quantitative estimate of drug-likeness (QED) is 0.874. The molecule has 2 nitrogen and oxygen atoms in total. The molecular weight excluding hydrogens is 286 g/mol. The lowest BCUT2D eigenvalue weighted by Gasteiger charge is -1.99. The zero-order valence-electron chi connectivity index (χ0n) is 7.30. The van der Waals surface area contributed by atoms with Gasteiger partial charge >= 0.3 is 0 Å². The number of benzene rings is 1. The number of hydrogen-bond donors (Lipinski definition) is 1. The molecule has 0 radical (unpaired) electrons. The van der Waals surface area contributed by atoms with Gasteiger partial charge in [0, 0.05) is 11.6 Å². The van der Waals surface area contributed by atoms with Gasteiger partial charge in [0.05, 0.1) is 3.79 Å². The summed E-state index contributed by atoms with van der Waals surface area (Å²) >= 11 is 4.42. The number of hydrogen-bond acceptors (Lipinski definition) is 3. The lowest BCUT2D eigenvalue weighted by Crippen LogP contribution is -1.88. The Balaban J connectivity index is 2.59. The summed E-state index contributed by atoms with van der Waals surface area (Å²) in [5.41, 5.74) is 6.11. The van der Waals surface area contributed by atoms with E-state index in [1.165, 1.54) is 23.5 Å². The summed E-state index contributed by atoms with van der Waals surface area (Å²) in [5, 5.41) is 0.334. The monoisotopic (exact) mass is 290 g/mol.